The topological polar surface area (TPSA) is 87.5 Å². The Morgan fingerprint density at radius 1 is 0.432 bits per heavy atom. The van der Waals surface area contributed by atoms with E-state index in [0.29, 0.717) is 57.0 Å². The van der Waals surface area contributed by atoms with E-state index in [4.69, 9.17) is 0 Å². The number of nitrogens with one attached hydrogen (secondary N) is 7. The van der Waals surface area contributed by atoms with Gasteiger partial charge in [-0.2, -0.15) is 0 Å². The fraction of sp³-hybridized carbons (Fsp3) is 0.680. The first-order valence-corrected chi connectivity index (χ1v) is 17.3. The predicted molar refractivity (Wildman–Crippen MR) is 156 cm³/mol. The Balaban J connectivity index is 1.08. The summed E-state index contributed by atoms with van der Waals surface area (Å²) >= 11 is 7.95. The van der Waals surface area contributed by atoms with Crippen LogP contribution in [0.3, 0.4) is 0 Å². The Morgan fingerprint density at radius 2 is 0.811 bits per heavy atom. The quantitative estimate of drug-likeness (QED) is 0.222. The van der Waals surface area contributed by atoms with Crippen LogP contribution in [0.15, 0.2) is 45.9 Å². The van der Waals surface area contributed by atoms with Crippen LogP contribution in [0.5, 0.6) is 0 Å². The van der Waals surface area contributed by atoms with Gasteiger partial charge in [-0.05, 0) is 28.7 Å². The van der Waals surface area contributed by atoms with Crippen LogP contribution in [-0.4, -0.2) is 82.3 Å². The van der Waals surface area contributed by atoms with E-state index in [2.05, 4.69) is 95.1 Å². The number of hydrogen-bond donors (Lipinski definition) is 7. The van der Waals surface area contributed by atoms with Crippen LogP contribution in [0.25, 0.3) is 0 Å². The van der Waals surface area contributed by atoms with E-state index >= 15 is 0 Å². The van der Waals surface area contributed by atoms with E-state index in [-0.39, 0.29) is 37.0 Å². The molecule has 0 amide bonds. The summed E-state index contributed by atoms with van der Waals surface area (Å²) in [6, 6.07) is 0. The third-order valence-corrected chi connectivity index (χ3v) is 14.7. The van der Waals surface area contributed by atoms with Gasteiger partial charge in [-0.3, -0.25) is 42.1 Å². The molecule has 0 spiro atoms. The second-order valence-corrected chi connectivity index (χ2v) is 16.0. The zero-order valence-corrected chi connectivity index (χ0v) is 23.7. The van der Waals surface area contributed by atoms with Gasteiger partial charge in [-0.1, -0.05) is 24.3 Å². The Kier molecular flexibility index (Phi) is 5.78. The Bertz CT molecular complexity index is 1070. The van der Waals surface area contributed by atoms with E-state index in [1.807, 2.05) is 47.0 Å². The molecule has 16 atom stereocenters. The molecule has 9 aliphatic rings. The van der Waals surface area contributed by atoms with Gasteiger partial charge in [0, 0.05) is 44.7 Å². The number of fused-ring (bicyclic) bond motifs is 20. The van der Waals surface area contributed by atoms with Crippen LogP contribution in [-0.2, 0) is 0 Å². The largest absolute Gasteiger partial charge is 0.285 e. The lowest BCUT2D eigenvalue weighted by atomic mass is 10.0. The highest BCUT2D eigenvalue weighted by Gasteiger charge is 2.56. The fourth-order valence-corrected chi connectivity index (χ4v) is 12.9. The van der Waals surface area contributed by atoms with Crippen LogP contribution in [0.4, 0.5) is 0 Å². The first-order valence-electron chi connectivity index (χ1n) is 13.6. The van der Waals surface area contributed by atoms with Crippen molar-refractivity contribution in [3.05, 3.63) is 45.9 Å². The van der Waals surface area contributed by atoms with Crippen molar-refractivity contribution in [1.82, 2.24) is 42.1 Å². The van der Waals surface area contributed by atoms with Crippen molar-refractivity contribution in [2.45, 2.75) is 70.3 Å². The predicted octanol–water partition coefficient (Wildman–Crippen LogP) is 0.703. The molecule has 8 nitrogen and oxygen atoms in total. The molecule has 12 heteroatoms. The standard InChI is InChI=1S/C25H34N8S4/c1-33-24-13-5-9-37-17(13)25(33)31-20-12-4-8-35-15(12)22(30-20)27-18-10-2-6-34-14(10)21(26-18)28-19-11-3-7-36-16(11)23(29-19)32-24/h2-32H,1H3. The third kappa shape index (κ3) is 3.58. The van der Waals surface area contributed by atoms with Crippen molar-refractivity contribution in [3.63, 3.8) is 0 Å². The number of hydrogen-bond acceptors (Lipinski definition) is 12. The molecule has 8 bridgehead atoms. The molecule has 0 aromatic rings. The van der Waals surface area contributed by atoms with Gasteiger partial charge in [0.15, 0.2) is 0 Å². The molecule has 5 saturated heterocycles. The SMILES string of the molecule is CN1C2NC3NC(NC4NC(NC5NC(NC1C1SC=CC12)C1C=CSC51)C1C=CSC41)C1C=CSC31. The number of rotatable bonds is 0. The summed E-state index contributed by atoms with van der Waals surface area (Å²) in [5.41, 5.74) is 0. The highest BCUT2D eigenvalue weighted by atomic mass is 32.2. The monoisotopic (exact) mass is 574 g/mol. The Labute approximate surface area is 235 Å². The summed E-state index contributed by atoms with van der Waals surface area (Å²) in [4.78, 5) is 2.57. The normalized spacial score (nSPS) is 58.8. The molecule has 0 aromatic heterocycles. The lowest BCUT2D eigenvalue weighted by molar-refractivity contribution is 0.144. The summed E-state index contributed by atoms with van der Waals surface area (Å²) in [6.07, 6.45) is 11.8. The minimum Gasteiger partial charge on any atom is -0.285 e. The van der Waals surface area contributed by atoms with E-state index in [1.54, 1.807) is 0 Å². The van der Waals surface area contributed by atoms with Crippen molar-refractivity contribution >= 4 is 47.0 Å². The number of nitrogens with zero attached hydrogens (tertiary/aromatic N) is 1. The van der Waals surface area contributed by atoms with Gasteiger partial charge in [0.1, 0.15) is 0 Å². The van der Waals surface area contributed by atoms with Gasteiger partial charge in [-0.15, -0.1) is 47.0 Å². The van der Waals surface area contributed by atoms with Crippen molar-refractivity contribution in [3.8, 4) is 0 Å². The van der Waals surface area contributed by atoms with E-state index in [0.717, 1.165) is 0 Å². The Hall–Kier alpha value is 0.0400. The lowest BCUT2D eigenvalue weighted by Gasteiger charge is -2.34. The molecule has 0 radical (unpaired) electrons. The second kappa shape index (κ2) is 9.02. The number of thioether (sulfide) groups is 4. The van der Waals surface area contributed by atoms with Crippen molar-refractivity contribution in [1.29, 1.82) is 0 Å². The fourth-order valence-electron chi connectivity index (χ4n) is 8.06. The van der Waals surface area contributed by atoms with Gasteiger partial charge in [-0.25, -0.2) is 0 Å². The van der Waals surface area contributed by atoms with Crippen molar-refractivity contribution in [2.75, 3.05) is 7.05 Å². The molecule has 0 aromatic carbocycles. The van der Waals surface area contributed by atoms with Gasteiger partial charge in [0.25, 0.3) is 0 Å². The smallest absolute Gasteiger partial charge is 0.0751 e. The van der Waals surface area contributed by atoms with Gasteiger partial charge >= 0.3 is 0 Å². The van der Waals surface area contributed by atoms with Gasteiger partial charge < -0.3 is 0 Å². The molecular formula is C25H34N8S4. The zero-order valence-electron chi connectivity index (χ0n) is 20.4. The summed E-state index contributed by atoms with van der Waals surface area (Å²) < 4.78 is 0. The van der Waals surface area contributed by atoms with E-state index in [9.17, 15) is 0 Å². The lowest BCUT2D eigenvalue weighted by Crippen LogP contribution is -2.62. The van der Waals surface area contributed by atoms with Crippen molar-refractivity contribution < 1.29 is 0 Å². The van der Waals surface area contributed by atoms with Crippen LogP contribution in [0.2, 0.25) is 0 Å². The summed E-state index contributed by atoms with van der Waals surface area (Å²) in [7, 11) is 2.31. The minimum atomic E-state index is 0.247. The first-order chi connectivity index (χ1) is 18.2. The molecular weight excluding hydrogens is 541 g/mol. The second-order valence-electron chi connectivity index (χ2n) is 11.6. The van der Waals surface area contributed by atoms with E-state index < -0.39 is 0 Å². The average Bonchev–Trinajstić information content (AvgIpc) is 3.72. The van der Waals surface area contributed by atoms with Crippen molar-refractivity contribution in [2.24, 2.45) is 23.7 Å². The minimum absolute atomic E-state index is 0.247. The zero-order chi connectivity index (χ0) is 24.2. The molecule has 0 saturated carbocycles. The molecule has 0 aliphatic carbocycles. The van der Waals surface area contributed by atoms with Crippen LogP contribution in [0.1, 0.15) is 0 Å². The summed E-state index contributed by atoms with van der Waals surface area (Å²) in [6.45, 7) is 0. The van der Waals surface area contributed by atoms with Crippen LogP contribution < -0.4 is 37.2 Å². The molecule has 16 unspecified atom stereocenters. The summed E-state index contributed by atoms with van der Waals surface area (Å²) in [5, 5.41) is 39.6. The maximum Gasteiger partial charge on any atom is 0.0751 e. The summed E-state index contributed by atoms with van der Waals surface area (Å²) in [5.74, 6) is 1.94. The van der Waals surface area contributed by atoms with Gasteiger partial charge in [0.05, 0.1) is 49.3 Å². The van der Waals surface area contributed by atoms with Crippen LogP contribution >= 0.6 is 47.0 Å². The maximum atomic E-state index is 4.11. The molecule has 9 aliphatic heterocycles. The molecule has 5 fully saturated rings. The molecule has 9 rings (SSSR count). The van der Waals surface area contributed by atoms with Crippen LogP contribution in [0, 0.1) is 23.7 Å². The highest BCUT2D eigenvalue weighted by Crippen LogP contribution is 2.46. The Morgan fingerprint density at radius 3 is 1.32 bits per heavy atom. The average molecular weight is 575 g/mol. The molecule has 9 heterocycles. The third-order valence-electron chi connectivity index (χ3n) is 9.85. The first kappa shape index (κ1) is 23.7. The van der Waals surface area contributed by atoms with Gasteiger partial charge in [0.2, 0.25) is 0 Å². The highest BCUT2D eigenvalue weighted by molar-refractivity contribution is 8.03. The molecule has 37 heavy (non-hydrogen) atoms. The maximum absolute atomic E-state index is 4.11. The van der Waals surface area contributed by atoms with E-state index in [1.165, 1.54) is 0 Å². The molecule has 198 valence electrons. The molecule has 7 N–H and O–H groups in total.